The van der Waals surface area contributed by atoms with Crippen LogP contribution >= 0.6 is 11.3 Å². The van der Waals surface area contributed by atoms with E-state index in [1.54, 1.807) is 0 Å². The molecule has 3 aliphatic rings. The summed E-state index contributed by atoms with van der Waals surface area (Å²) in [5.41, 5.74) is 18.3. The van der Waals surface area contributed by atoms with Crippen molar-refractivity contribution < 1.29 is 0 Å². The Balaban J connectivity index is 1.14. The zero-order chi connectivity index (χ0) is 31.3. The highest BCUT2D eigenvalue weighted by Crippen LogP contribution is 2.59. The minimum Gasteiger partial charge on any atom is -0.135 e. The molecular formula is C45H36S. The molecule has 3 aliphatic carbocycles. The van der Waals surface area contributed by atoms with Crippen LogP contribution in [0.1, 0.15) is 74.9 Å². The van der Waals surface area contributed by atoms with E-state index in [2.05, 4.69) is 151 Å². The van der Waals surface area contributed by atoms with Crippen molar-refractivity contribution in [3.63, 3.8) is 0 Å². The van der Waals surface area contributed by atoms with Crippen LogP contribution < -0.4 is 0 Å². The molecule has 222 valence electrons. The van der Waals surface area contributed by atoms with Crippen molar-refractivity contribution in [1.82, 2.24) is 0 Å². The van der Waals surface area contributed by atoms with Crippen LogP contribution in [0.5, 0.6) is 0 Å². The van der Waals surface area contributed by atoms with Gasteiger partial charge in [0.25, 0.3) is 0 Å². The highest BCUT2D eigenvalue weighted by molar-refractivity contribution is 7.22. The average molecular weight is 609 g/mol. The fourth-order valence-corrected chi connectivity index (χ4v) is 10.2. The summed E-state index contributed by atoms with van der Waals surface area (Å²) >= 11 is 1.89. The van der Waals surface area contributed by atoms with Gasteiger partial charge in [-0.05, 0) is 143 Å². The van der Waals surface area contributed by atoms with Crippen molar-refractivity contribution >= 4 is 32.2 Å². The molecule has 1 aromatic heterocycles. The summed E-state index contributed by atoms with van der Waals surface area (Å²) in [6.45, 7) is 14.5. The summed E-state index contributed by atoms with van der Waals surface area (Å²) in [6.07, 6.45) is 0. The monoisotopic (exact) mass is 608 g/mol. The van der Waals surface area contributed by atoms with Gasteiger partial charge in [-0.15, -0.1) is 11.3 Å². The highest BCUT2D eigenvalue weighted by atomic mass is 32.1. The summed E-state index contributed by atoms with van der Waals surface area (Å²) < 4.78 is 1.35. The molecule has 0 fully saturated rings. The lowest BCUT2D eigenvalue weighted by Crippen LogP contribution is -2.17. The SMILES string of the molecule is CC1(C)c2cc(-c3cc4ccccc4s3)ccc2-c2cc3c(cc21)-c1cc2c(cc1C3(C)C)-c1cc3ccccc3cc1C2(C)C. The smallest absolute Gasteiger partial charge is 0.0355 e. The number of hydrogen-bond donors (Lipinski definition) is 0. The van der Waals surface area contributed by atoms with Gasteiger partial charge in [0.1, 0.15) is 0 Å². The van der Waals surface area contributed by atoms with Crippen molar-refractivity contribution in [2.45, 2.75) is 57.8 Å². The molecule has 0 amide bonds. The lowest BCUT2D eigenvalue weighted by Gasteiger charge is -2.25. The van der Waals surface area contributed by atoms with Gasteiger partial charge < -0.3 is 0 Å². The Morgan fingerprint density at radius 3 is 1.37 bits per heavy atom. The average Bonchev–Trinajstić information content (AvgIpc) is 3.71. The van der Waals surface area contributed by atoms with E-state index >= 15 is 0 Å². The van der Waals surface area contributed by atoms with Crippen LogP contribution in [0.25, 0.3) is 64.7 Å². The number of benzene rings is 6. The molecule has 0 radical (unpaired) electrons. The Hall–Kier alpha value is -4.46. The van der Waals surface area contributed by atoms with E-state index in [4.69, 9.17) is 0 Å². The predicted molar refractivity (Wildman–Crippen MR) is 197 cm³/mol. The molecule has 0 bridgehead atoms. The zero-order valence-corrected chi connectivity index (χ0v) is 28.1. The van der Waals surface area contributed by atoms with Crippen LogP contribution in [0.3, 0.4) is 0 Å². The first-order valence-corrected chi connectivity index (χ1v) is 17.4. The molecule has 46 heavy (non-hydrogen) atoms. The van der Waals surface area contributed by atoms with E-state index in [1.165, 1.54) is 98.1 Å². The number of hydrogen-bond acceptors (Lipinski definition) is 1. The molecule has 7 aromatic rings. The zero-order valence-electron chi connectivity index (χ0n) is 27.3. The van der Waals surface area contributed by atoms with Gasteiger partial charge in [-0.2, -0.15) is 0 Å². The van der Waals surface area contributed by atoms with Crippen LogP contribution in [0.15, 0.2) is 109 Å². The lowest BCUT2D eigenvalue weighted by atomic mass is 9.78. The largest absolute Gasteiger partial charge is 0.135 e. The molecule has 6 aromatic carbocycles. The minimum atomic E-state index is -0.0810. The van der Waals surface area contributed by atoms with Crippen LogP contribution in [0, 0.1) is 0 Å². The van der Waals surface area contributed by atoms with Gasteiger partial charge in [0.05, 0.1) is 0 Å². The second kappa shape index (κ2) is 8.46. The molecule has 0 atom stereocenters. The Morgan fingerprint density at radius 2 is 0.804 bits per heavy atom. The van der Waals surface area contributed by atoms with Gasteiger partial charge in [0, 0.05) is 25.8 Å². The topological polar surface area (TPSA) is 0 Å². The molecule has 0 unspecified atom stereocenters. The van der Waals surface area contributed by atoms with Gasteiger partial charge in [-0.1, -0.05) is 96.1 Å². The number of thiophene rings is 1. The van der Waals surface area contributed by atoms with Crippen molar-refractivity contribution in [3.05, 3.63) is 143 Å². The van der Waals surface area contributed by atoms with Gasteiger partial charge in [0.15, 0.2) is 0 Å². The summed E-state index contributed by atoms with van der Waals surface area (Å²) in [5, 5.41) is 3.97. The predicted octanol–water partition coefficient (Wildman–Crippen LogP) is 12.6. The van der Waals surface area contributed by atoms with E-state index in [0.717, 1.165) is 0 Å². The fraction of sp³-hybridized carbons (Fsp3) is 0.200. The Kier molecular flexibility index (Phi) is 4.92. The van der Waals surface area contributed by atoms with Crippen molar-refractivity contribution in [2.75, 3.05) is 0 Å². The van der Waals surface area contributed by atoms with E-state index < -0.39 is 0 Å². The maximum Gasteiger partial charge on any atom is 0.0355 e. The summed E-state index contributed by atoms with van der Waals surface area (Å²) in [7, 11) is 0. The lowest BCUT2D eigenvalue weighted by molar-refractivity contribution is 0.649. The van der Waals surface area contributed by atoms with Crippen LogP contribution in [-0.2, 0) is 16.2 Å². The first-order chi connectivity index (χ1) is 22.0. The Labute approximate surface area is 275 Å². The Bertz CT molecular complexity index is 2460. The Morgan fingerprint density at radius 1 is 0.370 bits per heavy atom. The van der Waals surface area contributed by atoms with Gasteiger partial charge in [0.2, 0.25) is 0 Å². The second-order valence-electron chi connectivity index (χ2n) is 15.4. The fourth-order valence-electron chi connectivity index (χ4n) is 9.15. The van der Waals surface area contributed by atoms with E-state index in [0.29, 0.717) is 0 Å². The number of rotatable bonds is 1. The maximum atomic E-state index is 2.56. The van der Waals surface area contributed by atoms with Crippen LogP contribution in [0.4, 0.5) is 0 Å². The normalized spacial score (nSPS) is 17.0. The third kappa shape index (κ3) is 3.24. The third-order valence-electron chi connectivity index (χ3n) is 11.8. The molecule has 10 rings (SSSR count). The van der Waals surface area contributed by atoms with E-state index in [1.807, 2.05) is 11.3 Å². The molecular weight excluding hydrogens is 573 g/mol. The van der Waals surface area contributed by atoms with Crippen LogP contribution in [-0.4, -0.2) is 0 Å². The first kappa shape index (κ1) is 26.7. The molecule has 0 nitrogen and oxygen atoms in total. The van der Waals surface area contributed by atoms with Gasteiger partial charge in [-0.3, -0.25) is 0 Å². The first-order valence-electron chi connectivity index (χ1n) is 16.6. The van der Waals surface area contributed by atoms with Crippen molar-refractivity contribution in [3.8, 4) is 43.8 Å². The molecule has 1 heterocycles. The standard InChI is InChI=1S/C45H36S/c1-43(2)35-19-28(42-20-27-13-9-10-14-41(27)46-42)15-16-29(35)31-21-38-33(23-37(31)43)34-24-39-32(22-40(34)45(38,5)6)30-17-25-11-7-8-12-26(25)18-36(30)44(39,3)4/h7-24H,1-6H3. The summed E-state index contributed by atoms with van der Waals surface area (Å²) in [5.74, 6) is 0. The van der Waals surface area contributed by atoms with Gasteiger partial charge in [-0.25, -0.2) is 0 Å². The van der Waals surface area contributed by atoms with Gasteiger partial charge >= 0.3 is 0 Å². The number of fused-ring (bicyclic) bond motifs is 11. The van der Waals surface area contributed by atoms with Crippen LogP contribution in [0.2, 0.25) is 0 Å². The van der Waals surface area contributed by atoms with E-state index in [-0.39, 0.29) is 16.2 Å². The highest BCUT2D eigenvalue weighted by Gasteiger charge is 2.44. The molecule has 0 N–H and O–H groups in total. The second-order valence-corrected chi connectivity index (χ2v) is 16.5. The molecule has 0 spiro atoms. The summed E-state index contributed by atoms with van der Waals surface area (Å²) in [6, 6.07) is 42.2. The van der Waals surface area contributed by atoms with Crippen molar-refractivity contribution in [2.24, 2.45) is 0 Å². The quantitative estimate of drug-likeness (QED) is 0.174. The molecule has 0 saturated heterocycles. The molecule has 0 saturated carbocycles. The summed E-state index contributed by atoms with van der Waals surface area (Å²) in [4.78, 5) is 1.35. The molecule has 0 aliphatic heterocycles. The third-order valence-corrected chi connectivity index (χ3v) is 13.0. The molecule has 1 heteroatoms. The minimum absolute atomic E-state index is 0.0497. The van der Waals surface area contributed by atoms with E-state index in [9.17, 15) is 0 Å². The van der Waals surface area contributed by atoms with Crippen molar-refractivity contribution in [1.29, 1.82) is 0 Å². The maximum absolute atomic E-state index is 2.56.